The van der Waals surface area contributed by atoms with Crippen LogP contribution < -0.4 is 10.1 Å². The molecule has 0 saturated carbocycles. The first-order chi connectivity index (χ1) is 10.6. The number of halogens is 5. The van der Waals surface area contributed by atoms with E-state index in [2.05, 4.69) is 30.9 Å². The summed E-state index contributed by atoms with van der Waals surface area (Å²) < 4.78 is 43.3. The molecule has 1 aromatic rings. The number of nitrogens with zero attached hydrogens (tertiary/aromatic N) is 1. The highest BCUT2D eigenvalue weighted by molar-refractivity contribution is 9.10. The maximum atomic E-state index is 12.8. The fourth-order valence-electron chi connectivity index (χ4n) is 3.10. The number of hydrogen-bond acceptors (Lipinski definition) is 3. The van der Waals surface area contributed by atoms with E-state index in [1.165, 1.54) is 6.07 Å². The molecule has 0 aliphatic carbocycles. The van der Waals surface area contributed by atoms with Crippen LogP contribution in [0, 0.1) is 5.41 Å². The molecule has 1 aliphatic rings. The van der Waals surface area contributed by atoms with E-state index in [1.54, 1.807) is 12.1 Å². The summed E-state index contributed by atoms with van der Waals surface area (Å²) in [7, 11) is 0. The summed E-state index contributed by atoms with van der Waals surface area (Å²) in [6.07, 6.45) is -4.70. The molecular formula is C16H23BrClF3N2O. The summed E-state index contributed by atoms with van der Waals surface area (Å²) >= 11 is 3.37. The molecule has 3 nitrogen and oxygen atoms in total. The molecule has 1 saturated heterocycles. The Morgan fingerprint density at radius 1 is 1.17 bits per heavy atom. The summed E-state index contributed by atoms with van der Waals surface area (Å²) in [5, 5.41) is 3.27. The van der Waals surface area contributed by atoms with Crippen LogP contribution >= 0.6 is 28.3 Å². The number of benzene rings is 1. The molecule has 0 radical (unpaired) electrons. The quantitative estimate of drug-likeness (QED) is 0.747. The molecule has 138 valence electrons. The van der Waals surface area contributed by atoms with E-state index in [-0.39, 0.29) is 29.6 Å². The molecule has 8 heteroatoms. The van der Waals surface area contributed by atoms with Gasteiger partial charge in [-0.3, -0.25) is 4.90 Å². The third-order valence-electron chi connectivity index (χ3n) is 3.83. The Kier molecular flexibility index (Phi) is 7.41. The van der Waals surface area contributed by atoms with Crippen molar-refractivity contribution >= 4 is 28.3 Å². The topological polar surface area (TPSA) is 24.5 Å². The van der Waals surface area contributed by atoms with Crippen molar-refractivity contribution in [3.8, 4) is 5.75 Å². The third kappa shape index (κ3) is 5.79. The minimum absolute atomic E-state index is 0. The van der Waals surface area contributed by atoms with Crippen LogP contribution in [0.1, 0.15) is 32.4 Å². The van der Waals surface area contributed by atoms with Gasteiger partial charge in [-0.05, 0) is 23.6 Å². The largest absolute Gasteiger partial charge is 0.573 e. The molecule has 1 fully saturated rings. The zero-order chi connectivity index (χ0) is 17.3. The van der Waals surface area contributed by atoms with E-state index < -0.39 is 6.36 Å². The van der Waals surface area contributed by atoms with Crippen LogP contribution in [0.2, 0.25) is 0 Å². The van der Waals surface area contributed by atoms with E-state index in [4.69, 9.17) is 0 Å². The van der Waals surface area contributed by atoms with Gasteiger partial charge in [0.15, 0.2) is 0 Å². The van der Waals surface area contributed by atoms with Crippen molar-refractivity contribution in [2.75, 3.05) is 26.2 Å². The molecule has 0 amide bonds. The second kappa shape index (κ2) is 8.25. The van der Waals surface area contributed by atoms with Crippen molar-refractivity contribution < 1.29 is 17.9 Å². The van der Waals surface area contributed by atoms with Crippen LogP contribution in [-0.2, 0) is 0 Å². The SMILES string of the molecule is CC(C)(C)[C@H](c1cc(Br)ccc1OC(F)(F)F)N1CCNCC1.Cl. The van der Waals surface area contributed by atoms with Crippen LogP contribution in [-0.4, -0.2) is 37.4 Å². The molecule has 24 heavy (non-hydrogen) atoms. The Balaban J connectivity index is 0.00000288. The average Bonchev–Trinajstić information content (AvgIpc) is 2.40. The number of ether oxygens (including phenoxy) is 1. The monoisotopic (exact) mass is 430 g/mol. The van der Waals surface area contributed by atoms with Gasteiger partial charge >= 0.3 is 6.36 Å². The van der Waals surface area contributed by atoms with E-state index in [0.717, 1.165) is 30.7 Å². The van der Waals surface area contributed by atoms with Crippen LogP contribution in [0.3, 0.4) is 0 Å². The first-order valence-electron chi connectivity index (χ1n) is 7.58. The highest BCUT2D eigenvalue weighted by atomic mass is 79.9. The molecule has 1 aliphatic heterocycles. The van der Waals surface area contributed by atoms with Crippen molar-refractivity contribution in [3.63, 3.8) is 0 Å². The van der Waals surface area contributed by atoms with E-state index in [1.807, 2.05) is 20.8 Å². The van der Waals surface area contributed by atoms with Crippen LogP contribution in [0.5, 0.6) is 5.75 Å². The molecule has 0 unspecified atom stereocenters. The minimum atomic E-state index is -4.70. The van der Waals surface area contributed by atoms with Crippen molar-refractivity contribution in [1.29, 1.82) is 0 Å². The normalized spacial score (nSPS) is 18.0. The Labute approximate surface area is 155 Å². The highest BCUT2D eigenvalue weighted by Crippen LogP contribution is 2.44. The van der Waals surface area contributed by atoms with Gasteiger partial charge < -0.3 is 10.1 Å². The van der Waals surface area contributed by atoms with Crippen molar-refractivity contribution in [2.24, 2.45) is 5.41 Å². The highest BCUT2D eigenvalue weighted by Gasteiger charge is 2.38. The van der Waals surface area contributed by atoms with Gasteiger partial charge in [0.25, 0.3) is 0 Å². The van der Waals surface area contributed by atoms with Crippen molar-refractivity contribution in [3.05, 3.63) is 28.2 Å². The molecule has 0 spiro atoms. The molecule has 1 atom stereocenters. The first kappa shape index (κ1) is 21.5. The van der Waals surface area contributed by atoms with Gasteiger partial charge in [0, 0.05) is 42.3 Å². The number of rotatable bonds is 3. The summed E-state index contributed by atoms with van der Waals surface area (Å²) in [5.74, 6) is -0.126. The maximum Gasteiger partial charge on any atom is 0.573 e. The second-order valence-corrected chi connectivity index (χ2v) is 7.70. The fourth-order valence-corrected chi connectivity index (χ4v) is 3.48. The molecule has 1 N–H and O–H groups in total. The van der Waals surface area contributed by atoms with Gasteiger partial charge in [-0.15, -0.1) is 25.6 Å². The fraction of sp³-hybridized carbons (Fsp3) is 0.625. The van der Waals surface area contributed by atoms with Crippen LogP contribution in [0.25, 0.3) is 0 Å². The predicted octanol–water partition coefficient (Wildman–Crippen LogP) is 4.76. The Hall–Kier alpha value is -0.500. The molecular weight excluding hydrogens is 409 g/mol. The zero-order valence-corrected chi connectivity index (χ0v) is 16.3. The average molecular weight is 432 g/mol. The first-order valence-corrected chi connectivity index (χ1v) is 8.37. The molecule has 1 heterocycles. The third-order valence-corrected chi connectivity index (χ3v) is 4.32. The Morgan fingerprint density at radius 3 is 2.25 bits per heavy atom. The van der Waals surface area contributed by atoms with E-state index in [0.29, 0.717) is 5.56 Å². The van der Waals surface area contributed by atoms with Crippen molar-refractivity contribution in [2.45, 2.75) is 33.2 Å². The van der Waals surface area contributed by atoms with Gasteiger partial charge in [-0.2, -0.15) is 0 Å². The zero-order valence-electron chi connectivity index (χ0n) is 13.9. The molecule has 0 aromatic heterocycles. The Morgan fingerprint density at radius 2 is 1.75 bits per heavy atom. The van der Waals surface area contributed by atoms with Gasteiger partial charge in [0.1, 0.15) is 5.75 Å². The van der Waals surface area contributed by atoms with E-state index >= 15 is 0 Å². The number of piperazine rings is 1. The lowest BCUT2D eigenvalue weighted by Crippen LogP contribution is -2.48. The summed E-state index contributed by atoms with van der Waals surface area (Å²) in [5.41, 5.74) is 0.327. The summed E-state index contributed by atoms with van der Waals surface area (Å²) in [6.45, 7) is 9.36. The van der Waals surface area contributed by atoms with E-state index in [9.17, 15) is 13.2 Å². The maximum absolute atomic E-state index is 12.8. The summed E-state index contributed by atoms with van der Waals surface area (Å²) in [4.78, 5) is 2.22. The lowest BCUT2D eigenvalue weighted by atomic mass is 9.80. The van der Waals surface area contributed by atoms with Crippen molar-refractivity contribution in [1.82, 2.24) is 10.2 Å². The van der Waals surface area contributed by atoms with Gasteiger partial charge in [0.05, 0.1) is 0 Å². The Bertz CT molecular complexity index is 543. The predicted molar refractivity (Wildman–Crippen MR) is 94.7 cm³/mol. The van der Waals surface area contributed by atoms with Gasteiger partial charge in [-0.1, -0.05) is 36.7 Å². The van der Waals surface area contributed by atoms with Gasteiger partial charge in [0.2, 0.25) is 0 Å². The number of hydrogen-bond donors (Lipinski definition) is 1. The number of alkyl halides is 3. The lowest BCUT2D eigenvalue weighted by molar-refractivity contribution is -0.275. The van der Waals surface area contributed by atoms with Crippen LogP contribution in [0.15, 0.2) is 22.7 Å². The minimum Gasteiger partial charge on any atom is -0.405 e. The van der Waals surface area contributed by atoms with Crippen LogP contribution in [0.4, 0.5) is 13.2 Å². The summed E-state index contributed by atoms with van der Waals surface area (Å²) in [6, 6.07) is 4.52. The molecule has 2 rings (SSSR count). The number of nitrogens with one attached hydrogen (secondary N) is 1. The lowest BCUT2D eigenvalue weighted by Gasteiger charge is -2.43. The smallest absolute Gasteiger partial charge is 0.405 e. The van der Waals surface area contributed by atoms with Gasteiger partial charge in [-0.25, -0.2) is 0 Å². The second-order valence-electron chi connectivity index (χ2n) is 6.78. The molecule has 0 bridgehead atoms. The molecule has 1 aromatic carbocycles. The standard InChI is InChI=1S/C16H22BrF3N2O.ClH/c1-15(2,3)14(22-8-6-21-7-9-22)12-10-11(17)4-5-13(12)23-16(18,19)20;/h4-5,10,14,21H,6-9H2,1-3H3;1H/t14-;/m0./s1.